The van der Waals surface area contributed by atoms with Crippen LogP contribution < -0.4 is 5.32 Å². The SMILES string of the molecule is S=C(Nc1cccc(Cl)c1)N1CCS[C@@H]1c1ccc(Cl)cc1Cl. The maximum atomic E-state index is 6.35. The van der Waals surface area contributed by atoms with Crippen molar-refractivity contribution in [1.82, 2.24) is 4.90 Å². The van der Waals surface area contributed by atoms with Gasteiger partial charge < -0.3 is 10.2 Å². The van der Waals surface area contributed by atoms with Crippen LogP contribution >= 0.6 is 58.8 Å². The smallest absolute Gasteiger partial charge is 0.174 e. The van der Waals surface area contributed by atoms with Gasteiger partial charge >= 0.3 is 0 Å². The summed E-state index contributed by atoms with van der Waals surface area (Å²) >= 11 is 25.7. The van der Waals surface area contributed by atoms with Crippen LogP contribution in [0.4, 0.5) is 5.69 Å². The lowest BCUT2D eigenvalue weighted by Gasteiger charge is -2.27. The molecule has 1 saturated heterocycles. The molecule has 1 fully saturated rings. The Labute approximate surface area is 160 Å². The van der Waals surface area contributed by atoms with Gasteiger partial charge in [-0.2, -0.15) is 0 Å². The Balaban J connectivity index is 1.79. The number of halogens is 3. The van der Waals surface area contributed by atoms with E-state index in [4.69, 9.17) is 47.0 Å². The highest BCUT2D eigenvalue weighted by Gasteiger charge is 2.30. The van der Waals surface area contributed by atoms with Gasteiger partial charge in [0.1, 0.15) is 5.37 Å². The quantitative estimate of drug-likeness (QED) is 0.610. The van der Waals surface area contributed by atoms with Crippen molar-refractivity contribution in [2.75, 3.05) is 17.6 Å². The molecule has 1 atom stereocenters. The van der Waals surface area contributed by atoms with E-state index in [1.807, 2.05) is 48.2 Å². The highest BCUT2D eigenvalue weighted by atomic mass is 35.5. The molecular weight excluding hydrogens is 391 g/mol. The summed E-state index contributed by atoms with van der Waals surface area (Å²) in [5.74, 6) is 0.987. The summed E-state index contributed by atoms with van der Waals surface area (Å²) < 4.78 is 0. The van der Waals surface area contributed by atoms with Crippen LogP contribution in [0, 0.1) is 0 Å². The third-order valence-electron chi connectivity index (χ3n) is 3.46. The minimum Gasteiger partial charge on any atom is -0.333 e. The summed E-state index contributed by atoms with van der Waals surface area (Å²) in [6.07, 6.45) is 0. The van der Waals surface area contributed by atoms with E-state index >= 15 is 0 Å². The van der Waals surface area contributed by atoms with E-state index in [9.17, 15) is 0 Å². The van der Waals surface area contributed by atoms with E-state index < -0.39 is 0 Å². The second-order valence-electron chi connectivity index (χ2n) is 5.02. The van der Waals surface area contributed by atoms with Crippen molar-refractivity contribution in [2.24, 2.45) is 0 Å². The Morgan fingerprint density at radius 2 is 1.91 bits per heavy atom. The maximum absolute atomic E-state index is 6.35. The third-order valence-corrected chi connectivity index (χ3v) is 5.83. The van der Waals surface area contributed by atoms with E-state index in [2.05, 4.69) is 10.2 Å². The number of nitrogens with zero attached hydrogens (tertiary/aromatic N) is 1. The molecule has 120 valence electrons. The number of rotatable bonds is 2. The Morgan fingerprint density at radius 3 is 2.65 bits per heavy atom. The van der Waals surface area contributed by atoms with Gasteiger partial charge in [-0.1, -0.05) is 46.9 Å². The topological polar surface area (TPSA) is 15.3 Å². The molecule has 2 aromatic rings. The monoisotopic (exact) mass is 402 g/mol. The molecule has 0 saturated carbocycles. The average Bonchev–Trinajstić information content (AvgIpc) is 2.96. The summed E-state index contributed by atoms with van der Waals surface area (Å²) in [4.78, 5) is 2.13. The molecule has 23 heavy (non-hydrogen) atoms. The van der Waals surface area contributed by atoms with Crippen molar-refractivity contribution < 1.29 is 0 Å². The van der Waals surface area contributed by atoms with Crippen LogP contribution in [0.1, 0.15) is 10.9 Å². The van der Waals surface area contributed by atoms with Crippen molar-refractivity contribution in [3.05, 3.63) is 63.1 Å². The first-order valence-corrected chi connectivity index (χ1v) is 9.53. The van der Waals surface area contributed by atoms with Gasteiger partial charge in [-0.3, -0.25) is 0 Å². The van der Waals surface area contributed by atoms with Crippen molar-refractivity contribution in [2.45, 2.75) is 5.37 Å². The van der Waals surface area contributed by atoms with Crippen molar-refractivity contribution in [3.8, 4) is 0 Å². The van der Waals surface area contributed by atoms with E-state index in [-0.39, 0.29) is 5.37 Å². The van der Waals surface area contributed by atoms with Crippen LogP contribution in [0.25, 0.3) is 0 Å². The van der Waals surface area contributed by atoms with Gasteiger partial charge in [0.15, 0.2) is 5.11 Å². The molecule has 1 N–H and O–H groups in total. The molecule has 1 aliphatic rings. The fourth-order valence-electron chi connectivity index (χ4n) is 2.40. The molecule has 2 aromatic carbocycles. The average molecular weight is 404 g/mol. The molecule has 0 amide bonds. The number of thiocarbonyl (C=S) groups is 1. The summed E-state index contributed by atoms with van der Waals surface area (Å²) in [6.45, 7) is 0.862. The van der Waals surface area contributed by atoms with Crippen LogP contribution in [-0.4, -0.2) is 22.3 Å². The Morgan fingerprint density at radius 1 is 1.13 bits per heavy atom. The highest BCUT2D eigenvalue weighted by Crippen LogP contribution is 2.41. The van der Waals surface area contributed by atoms with E-state index in [1.54, 1.807) is 6.07 Å². The lowest BCUT2D eigenvalue weighted by molar-refractivity contribution is 0.458. The van der Waals surface area contributed by atoms with E-state index in [0.29, 0.717) is 20.2 Å². The molecule has 3 rings (SSSR count). The summed E-state index contributed by atoms with van der Waals surface area (Å²) in [6, 6.07) is 13.1. The predicted molar refractivity (Wildman–Crippen MR) is 106 cm³/mol. The number of benzene rings is 2. The summed E-state index contributed by atoms with van der Waals surface area (Å²) in [7, 11) is 0. The number of nitrogens with one attached hydrogen (secondary N) is 1. The van der Waals surface area contributed by atoms with Gasteiger partial charge in [0.2, 0.25) is 0 Å². The molecule has 7 heteroatoms. The van der Waals surface area contributed by atoms with Gasteiger partial charge in [-0.05, 0) is 42.5 Å². The number of thioether (sulfide) groups is 1. The molecule has 2 nitrogen and oxygen atoms in total. The van der Waals surface area contributed by atoms with Crippen LogP contribution in [-0.2, 0) is 0 Å². The van der Waals surface area contributed by atoms with Gasteiger partial charge in [-0.15, -0.1) is 11.8 Å². The van der Waals surface area contributed by atoms with Gasteiger partial charge in [0, 0.05) is 38.6 Å². The molecule has 0 radical (unpaired) electrons. The zero-order chi connectivity index (χ0) is 16.4. The predicted octanol–water partition coefficient (Wildman–Crippen LogP) is 6.09. The molecular formula is C16H13Cl3N2S2. The summed E-state index contributed by atoms with van der Waals surface area (Å²) in [5.41, 5.74) is 1.90. The lowest BCUT2D eigenvalue weighted by Crippen LogP contribution is -2.34. The Hall–Kier alpha value is -0.650. The maximum Gasteiger partial charge on any atom is 0.174 e. The van der Waals surface area contributed by atoms with Crippen molar-refractivity contribution in [3.63, 3.8) is 0 Å². The third kappa shape index (κ3) is 4.06. The lowest BCUT2D eigenvalue weighted by atomic mass is 10.2. The molecule has 0 unspecified atom stereocenters. The van der Waals surface area contributed by atoms with Crippen LogP contribution in [0.2, 0.25) is 15.1 Å². The number of anilines is 1. The zero-order valence-corrected chi connectivity index (χ0v) is 15.8. The minimum absolute atomic E-state index is 0.0824. The second-order valence-corrected chi connectivity index (χ2v) is 7.88. The van der Waals surface area contributed by atoms with Gasteiger partial charge in [0.05, 0.1) is 0 Å². The first-order valence-electron chi connectivity index (χ1n) is 6.94. The van der Waals surface area contributed by atoms with Crippen molar-refractivity contribution in [1.29, 1.82) is 0 Å². The zero-order valence-electron chi connectivity index (χ0n) is 11.9. The first kappa shape index (κ1) is 17.2. The van der Waals surface area contributed by atoms with Crippen LogP contribution in [0.5, 0.6) is 0 Å². The first-order chi connectivity index (χ1) is 11.0. The van der Waals surface area contributed by atoms with Crippen molar-refractivity contribution >= 4 is 69.6 Å². The fourth-order valence-corrected chi connectivity index (χ4v) is 4.85. The largest absolute Gasteiger partial charge is 0.333 e. The Bertz CT molecular complexity index is 739. The standard InChI is InChI=1S/C16H13Cl3N2S2/c17-10-2-1-3-12(8-10)20-16(22)21-6-7-23-15(21)13-5-4-11(18)9-14(13)19/h1-5,8-9,15H,6-7H2,(H,20,22)/t15-/m1/s1. The van der Waals surface area contributed by atoms with Crippen LogP contribution in [0.15, 0.2) is 42.5 Å². The van der Waals surface area contributed by atoms with Gasteiger partial charge in [0.25, 0.3) is 0 Å². The minimum atomic E-state index is 0.0824. The normalized spacial score (nSPS) is 17.3. The van der Waals surface area contributed by atoms with E-state index in [1.165, 1.54) is 0 Å². The van der Waals surface area contributed by atoms with Gasteiger partial charge in [-0.25, -0.2) is 0 Å². The Kier molecular flexibility index (Phi) is 5.60. The molecule has 0 spiro atoms. The number of hydrogen-bond acceptors (Lipinski definition) is 2. The molecule has 0 aromatic heterocycles. The fraction of sp³-hybridized carbons (Fsp3) is 0.188. The molecule has 1 heterocycles. The number of hydrogen-bond donors (Lipinski definition) is 1. The molecule has 1 aliphatic heterocycles. The highest BCUT2D eigenvalue weighted by molar-refractivity contribution is 7.99. The second kappa shape index (κ2) is 7.49. The molecule has 0 aliphatic carbocycles. The van der Waals surface area contributed by atoms with Crippen LogP contribution in [0.3, 0.4) is 0 Å². The molecule has 0 bridgehead atoms. The van der Waals surface area contributed by atoms with E-state index in [0.717, 1.165) is 23.5 Å². The summed E-state index contributed by atoms with van der Waals surface area (Å²) in [5, 5.41) is 5.95.